The number of alkyl halides is 3. The first-order valence-corrected chi connectivity index (χ1v) is 11.7. The molecule has 1 heterocycles. The SMILES string of the molecule is CCOc1nc(-c2ccc(C(F)(F)F)cc2)n(-c2ccc(NC[C@@H](O)COCc3ccccc3)cc2)n1. The first kappa shape index (κ1) is 26.2. The van der Waals surface area contributed by atoms with E-state index in [1.54, 1.807) is 19.1 Å². The van der Waals surface area contributed by atoms with Gasteiger partial charge in [-0.05, 0) is 48.9 Å². The van der Waals surface area contributed by atoms with Crippen LogP contribution < -0.4 is 10.1 Å². The number of anilines is 1. The van der Waals surface area contributed by atoms with Gasteiger partial charge < -0.3 is 19.9 Å². The van der Waals surface area contributed by atoms with Crippen molar-refractivity contribution >= 4 is 5.69 Å². The molecule has 0 saturated carbocycles. The minimum atomic E-state index is -4.42. The lowest BCUT2D eigenvalue weighted by Gasteiger charge is -2.14. The third kappa shape index (κ3) is 7.08. The Labute approximate surface area is 212 Å². The van der Waals surface area contributed by atoms with Crippen molar-refractivity contribution in [2.45, 2.75) is 25.8 Å². The Morgan fingerprint density at radius 3 is 2.32 bits per heavy atom. The average Bonchev–Trinajstić information content (AvgIpc) is 3.32. The molecule has 0 radical (unpaired) electrons. The zero-order valence-electron chi connectivity index (χ0n) is 20.2. The largest absolute Gasteiger partial charge is 0.463 e. The molecule has 1 atom stereocenters. The molecule has 0 aliphatic carbocycles. The summed E-state index contributed by atoms with van der Waals surface area (Å²) in [4.78, 5) is 4.36. The van der Waals surface area contributed by atoms with Gasteiger partial charge in [-0.25, -0.2) is 4.68 Å². The van der Waals surface area contributed by atoms with Crippen LogP contribution in [0.15, 0.2) is 78.9 Å². The van der Waals surface area contributed by atoms with Crippen molar-refractivity contribution in [3.63, 3.8) is 0 Å². The zero-order valence-corrected chi connectivity index (χ0v) is 20.2. The van der Waals surface area contributed by atoms with Gasteiger partial charge in [0.2, 0.25) is 0 Å². The quantitative estimate of drug-likeness (QED) is 0.282. The maximum absolute atomic E-state index is 13.0. The van der Waals surface area contributed by atoms with E-state index in [-0.39, 0.29) is 12.6 Å². The Morgan fingerprint density at radius 1 is 0.973 bits per heavy atom. The molecule has 7 nitrogen and oxygen atoms in total. The van der Waals surface area contributed by atoms with Crippen LogP contribution in [0.25, 0.3) is 17.1 Å². The van der Waals surface area contributed by atoms with Gasteiger partial charge in [-0.15, -0.1) is 5.10 Å². The van der Waals surface area contributed by atoms with Crippen LogP contribution in [-0.4, -0.2) is 45.7 Å². The molecule has 194 valence electrons. The third-order valence-electron chi connectivity index (χ3n) is 5.41. The number of hydrogen-bond donors (Lipinski definition) is 2. The molecule has 37 heavy (non-hydrogen) atoms. The molecule has 10 heteroatoms. The topological polar surface area (TPSA) is 81.4 Å². The predicted molar refractivity (Wildman–Crippen MR) is 134 cm³/mol. The summed E-state index contributed by atoms with van der Waals surface area (Å²) in [7, 11) is 0. The summed E-state index contributed by atoms with van der Waals surface area (Å²) < 4.78 is 51.4. The number of aliphatic hydroxyl groups is 1. The van der Waals surface area contributed by atoms with E-state index < -0.39 is 17.8 Å². The van der Waals surface area contributed by atoms with Crippen LogP contribution in [0.2, 0.25) is 0 Å². The molecular formula is C27H27F3N4O3. The van der Waals surface area contributed by atoms with Crippen LogP contribution >= 0.6 is 0 Å². The number of ether oxygens (including phenoxy) is 2. The summed E-state index contributed by atoms with van der Waals surface area (Å²) in [6.07, 6.45) is -5.12. The molecule has 0 saturated heterocycles. The number of rotatable bonds is 11. The van der Waals surface area contributed by atoms with Gasteiger partial charge in [0.1, 0.15) is 0 Å². The van der Waals surface area contributed by atoms with Crippen LogP contribution in [-0.2, 0) is 17.5 Å². The highest BCUT2D eigenvalue weighted by molar-refractivity contribution is 5.60. The van der Waals surface area contributed by atoms with Crippen molar-refractivity contribution in [1.29, 1.82) is 0 Å². The molecule has 4 rings (SSSR count). The Hall–Kier alpha value is -3.89. The first-order chi connectivity index (χ1) is 17.8. The Morgan fingerprint density at radius 2 is 1.68 bits per heavy atom. The number of nitrogens with one attached hydrogen (secondary N) is 1. The number of aliphatic hydroxyl groups excluding tert-OH is 1. The van der Waals surface area contributed by atoms with Crippen molar-refractivity contribution in [2.24, 2.45) is 0 Å². The van der Waals surface area contributed by atoms with Gasteiger partial charge in [-0.3, -0.25) is 0 Å². The Balaban J connectivity index is 1.41. The minimum absolute atomic E-state index is 0.123. The van der Waals surface area contributed by atoms with Crippen LogP contribution in [0.1, 0.15) is 18.1 Å². The van der Waals surface area contributed by atoms with Crippen molar-refractivity contribution in [3.8, 4) is 23.1 Å². The molecule has 0 aliphatic heterocycles. The van der Waals surface area contributed by atoms with E-state index in [0.717, 1.165) is 23.4 Å². The van der Waals surface area contributed by atoms with E-state index >= 15 is 0 Å². The van der Waals surface area contributed by atoms with Crippen molar-refractivity contribution < 1.29 is 27.8 Å². The molecule has 0 aliphatic rings. The highest BCUT2D eigenvalue weighted by atomic mass is 19.4. The highest BCUT2D eigenvalue weighted by Crippen LogP contribution is 2.31. The zero-order chi connectivity index (χ0) is 26.3. The minimum Gasteiger partial charge on any atom is -0.463 e. The summed E-state index contributed by atoms with van der Waals surface area (Å²) in [6.45, 7) is 3.05. The molecule has 2 N–H and O–H groups in total. The predicted octanol–water partition coefficient (Wildman–Crippen LogP) is 5.34. The van der Waals surface area contributed by atoms with E-state index in [9.17, 15) is 18.3 Å². The van der Waals surface area contributed by atoms with E-state index in [4.69, 9.17) is 9.47 Å². The van der Waals surface area contributed by atoms with E-state index in [0.29, 0.717) is 36.8 Å². The molecule has 0 fully saturated rings. The molecule has 0 bridgehead atoms. The fourth-order valence-electron chi connectivity index (χ4n) is 3.56. The fourth-order valence-corrected chi connectivity index (χ4v) is 3.56. The lowest BCUT2D eigenvalue weighted by atomic mass is 10.1. The maximum Gasteiger partial charge on any atom is 0.416 e. The molecule has 0 spiro atoms. The van der Waals surface area contributed by atoms with Crippen LogP contribution in [0, 0.1) is 0 Å². The number of halogens is 3. The molecule has 3 aromatic carbocycles. The van der Waals surface area contributed by atoms with Crippen molar-refractivity contribution in [2.75, 3.05) is 25.1 Å². The second kappa shape index (κ2) is 11.9. The van der Waals surface area contributed by atoms with Gasteiger partial charge in [-0.1, -0.05) is 42.5 Å². The molecule has 0 unspecified atom stereocenters. The van der Waals surface area contributed by atoms with Gasteiger partial charge >= 0.3 is 12.2 Å². The van der Waals surface area contributed by atoms with Gasteiger partial charge in [0.05, 0.1) is 37.2 Å². The first-order valence-electron chi connectivity index (χ1n) is 11.7. The van der Waals surface area contributed by atoms with Crippen LogP contribution in [0.4, 0.5) is 18.9 Å². The lowest BCUT2D eigenvalue weighted by Crippen LogP contribution is -2.24. The summed E-state index contributed by atoms with van der Waals surface area (Å²) >= 11 is 0. The van der Waals surface area contributed by atoms with Crippen LogP contribution in [0.5, 0.6) is 6.01 Å². The lowest BCUT2D eigenvalue weighted by molar-refractivity contribution is -0.137. The number of aromatic nitrogens is 3. The Kier molecular flexibility index (Phi) is 8.42. The number of nitrogens with zero attached hydrogens (tertiary/aromatic N) is 3. The van der Waals surface area contributed by atoms with E-state index in [1.807, 2.05) is 42.5 Å². The van der Waals surface area contributed by atoms with Crippen molar-refractivity contribution in [1.82, 2.24) is 14.8 Å². The smallest absolute Gasteiger partial charge is 0.416 e. The number of benzene rings is 3. The second-order valence-electron chi connectivity index (χ2n) is 8.22. The fraction of sp³-hybridized carbons (Fsp3) is 0.259. The van der Waals surface area contributed by atoms with Crippen molar-refractivity contribution in [3.05, 3.63) is 90.0 Å². The molecular weight excluding hydrogens is 485 g/mol. The van der Waals surface area contributed by atoms with Crippen LogP contribution in [0.3, 0.4) is 0 Å². The second-order valence-corrected chi connectivity index (χ2v) is 8.22. The van der Waals surface area contributed by atoms with Gasteiger partial charge in [0, 0.05) is 17.8 Å². The van der Waals surface area contributed by atoms with E-state index in [1.165, 1.54) is 16.8 Å². The highest BCUT2D eigenvalue weighted by Gasteiger charge is 2.30. The van der Waals surface area contributed by atoms with Gasteiger partial charge in [0.25, 0.3) is 0 Å². The normalized spacial score (nSPS) is 12.4. The Bertz CT molecular complexity index is 1260. The van der Waals surface area contributed by atoms with E-state index in [2.05, 4.69) is 15.4 Å². The maximum atomic E-state index is 13.0. The number of hydrogen-bond acceptors (Lipinski definition) is 6. The average molecular weight is 513 g/mol. The molecule has 0 amide bonds. The summed E-state index contributed by atoms with van der Waals surface area (Å²) in [5.41, 5.74) is 2.18. The standard InChI is InChI=1S/C27H27F3N4O3/c1-2-37-26-32-25(20-8-10-21(11-9-20)27(28,29)30)34(33-26)23-14-12-22(13-15-23)31-16-24(35)18-36-17-19-6-4-3-5-7-19/h3-15,24,31,35H,2,16-18H2,1H3/t24-/m1/s1. The summed E-state index contributed by atoms with van der Waals surface area (Å²) in [5.74, 6) is 0.351. The molecule has 4 aromatic rings. The van der Waals surface area contributed by atoms with Gasteiger partial charge in [0.15, 0.2) is 5.82 Å². The monoisotopic (exact) mass is 512 g/mol. The third-order valence-corrected chi connectivity index (χ3v) is 5.41. The van der Waals surface area contributed by atoms with Gasteiger partial charge in [-0.2, -0.15) is 18.2 Å². The summed E-state index contributed by atoms with van der Waals surface area (Å²) in [5, 5.41) is 17.7. The summed E-state index contributed by atoms with van der Waals surface area (Å²) in [6, 6.07) is 21.8. The molecule has 1 aromatic heterocycles.